The van der Waals surface area contributed by atoms with E-state index in [-0.39, 0.29) is 0 Å². The van der Waals surface area contributed by atoms with Crippen molar-refractivity contribution in [3.63, 3.8) is 0 Å². The second kappa shape index (κ2) is 2.64. The number of benzene rings is 1. The third-order valence-corrected chi connectivity index (χ3v) is 2.47. The molecule has 2 nitrogen and oxygen atoms in total. The minimum Gasteiger partial charge on any atom is -0.271 e. The second-order valence-corrected chi connectivity index (χ2v) is 3.66. The van der Waals surface area contributed by atoms with Crippen LogP contribution in [0.3, 0.4) is 0 Å². The molecule has 0 spiro atoms. The fourth-order valence-corrected chi connectivity index (χ4v) is 1.65. The SMILES string of the molecule is Clc1ccc2c(c1)ncn2I. The van der Waals surface area contributed by atoms with E-state index in [9.17, 15) is 0 Å². The predicted molar refractivity (Wildman–Crippen MR) is 54.2 cm³/mol. The Labute approximate surface area is 82.7 Å². The molecular formula is C7H4ClIN2. The van der Waals surface area contributed by atoms with Gasteiger partial charge in [-0.05, 0) is 18.2 Å². The van der Waals surface area contributed by atoms with Crippen molar-refractivity contribution < 1.29 is 0 Å². The lowest BCUT2D eigenvalue weighted by Gasteiger charge is -1.91. The number of rotatable bonds is 0. The Bertz CT molecular complexity index is 396. The van der Waals surface area contributed by atoms with Gasteiger partial charge in [0.05, 0.1) is 33.9 Å². The molecule has 0 saturated heterocycles. The van der Waals surface area contributed by atoms with Crippen LogP contribution < -0.4 is 0 Å². The lowest BCUT2D eigenvalue weighted by molar-refractivity contribution is 1.31. The maximum atomic E-state index is 5.78. The Morgan fingerprint density at radius 1 is 1.45 bits per heavy atom. The van der Waals surface area contributed by atoms with Crippen molar-refractivity contribution in [1.29, 1.82) is 0 Å². The quantitative estimate of drug-likeness (QED) is 0.678. The summed E-state index contributed by atoms with van der Waals surface area (Å²) in [5, 5.41) is 0.729. The largest absolute Gasteiger partial charge is 0.271 e. The fraction of sp³-hybridized carbons (Fsp3) is 0. The molecule has 0 N–H and O–H groups in total. The number of halogens is 2. The van der Waals surface area contributed by atoms with Gasteiger partial charge in [-0.25, -0.2) is 4.98 Å². The van der Waals surface area contributed by atoms with Crippen LogP contribution >= 0.6 is 34.5 Å². The molecule has 2 aromatic rings. The summed E-state index contributed by atoms with van der Waals surface area (Å²) < 4.78 is 1.93. The topological polar surface area (TPSA) is 17.8 Å². The summed E-state index contributed by atoms with van der Waals surface area (Å²) in [6.07, 6.45) is 1.77. The molecule has 0 radical (unpaired) electrons. The third kappa shape index (κ3) is 1.22. The molecule has 0 aliphatic heterocycles. The minimum atomic E-state index is 0.729. The molecule has 0 unspecified atom stereocenters. The van der Waals surface area contributed by atoms with Gasteiger partial charge in [0.2, 0.25) is 0 Å². The van der Waals surface area contributed by atoms with Gasteiger partial charge in [-0.2, -0.15) is 0 Å². The van der Waals surface area contributed by atoms with Gasteiger partial charge in [0, 0.05) is 5.02 Å². The van der Waals surface area contributed by atoms with Crippen LogP contribution in [-0.4, -0.2) is 7.76 Å². The Balaban J connectivity index is 2.86. The van der Waals surface area contributed by atoms with Crippen molar-refractivity contribution in [1.82, 2.24) is 7.76 Å². The first-order valence-corrected chi connectivity index (χ1v) is 4.40. The molecule has 0 atom stereocenters. The normalized spacial score (nSPS) is 10.7. The first-order valence-electron chi connectivity index (χ1n) is 3.06. The van der Waals surface area contributed by atoms with E-state index in [1.54, 1.807) is 6.33 Å². The zero-order valence-corrected chi connectivity index (χ0v) is 8.37. The minimum absolute atomic E-state index is 0.729. The highest BCUT2D eigenvalue weighted by molar-refractivity contribution is 14.1. The predicted octanol–water partition coefficient (Wildman–Crippen LogP) is 2.89. The van der Waals surface area contributed by atoms with E-state index in [2.05, 4.69) is 27.8 Å². The van der Waals surface area contributed by atoms with Gasteiger partial charge in [-0.15, -0.1) is 0 Å². The highest BCUT2D eigenvalue weighted by Crippen LogP contribution is 2.19. The van der Waals surface area contributed by atoms with Crippen molar-refractivity contribution in [2.45, 2.75) is 0 Å². The van der Waals surface area contributed by atoms with Crippen LogP contribution in [0.4, 0.5) is 0 Å². The molecule has 1 aromatic heterocycles. The first-order chi connectivity index (χ1) is 5.27. The highest BCUT2D eigenvalue weighted by atomic mass is 127. The zero-order valence-electron chi connectivity index (χ0n) is 5.46. The Morgan fingerprint density at radius 3 is 3.09 bits per heavy atom. The van der Waals surface area contributed by atoms with Gasteiger partial charge in [0.25, 0.3) is 0 Å². The monoisotopic (exact) mass is 278 g/mol. The Morgan fingerprint density at radius 2 is 2.27 bits per heavy atom. The van der Waals surface area contributed by atoms with E-state index in [4.69, 9.17) is 11.6 Å². The van der Waals surface area contributed by atoms with Gasteiger partial charge >= 0.3 is 0 Å². The van der Waals surface area contributed by atoms with Crippen LogP contribution in [0.25, 0.3) is 11.0 Å². The molecule has 0 fully saturated rings. The number of nitrogens with zero attached hydrogens (tertiary/aromatic N) is 2. The Kier molecular flexibility index (Phi) is 1.77. The van der Waals surface area contributed by atoms with Crippen molar-refractivity contribution in [2.75, 3.05) is 0 Å². The molecule has 0 bridgehead atoms. The second-order valence-electron chi connectivity index (χ2n) is 2.19. The van der Waals surface area contributed by atoms with Crippen molar-refractivity contribution in [3.8, 4) is 0 Å². The lowest BCUT2D eigenvalue weighted by atomic mass is 10.3. The summed E-state index contributed by atoms with van der Waals surface area (Å²) in [6.45, 7) is 0. The fourth-order valence-electron chi connectivity index (χ4n) is 0.956. The van der Waals surface area contributed by atoms with Gasteiger partial charge in [-0.3, -0.25) is 2.78 Å². The van der Waals surface area contributed by atoms with E-state index in [0.717, 1.165) is 16.1 Å². The summed E-state index contributed by atoms with van der Waals surface area (Å²) >= 11 is 7.95. The number of hydrogen-bond acceptors (Lipinski definition) is 1. The van der Waals surface area contributed by atoms with E-state index < -0.39 is 0 Å². The molecule has 56 valence electrons. The number of hydrogen-bond donors (Lipinski definition) is 0. The van der Waals surface area contributed by atoms with Crippen molar-refractivity contribution in [3.05, 3.63) is 29.5 Å². The van der Waals surface area contributed by atoms with Crippen molar-refractivity contribution >= 4 is 45.5 Å². The summed E-state index contributed by atoms with van der Waals surface area (Å²) in [5.74, 6) is 0. The molecule has 1 aromatic carbocycles. The average molecular weight is 278 g/mol. The van der Waals surface area contributed by atoms with Crippen LogP contribution in [0.1, 0.15) is 0 Å². The van der Waals surface area contributed by atoms with Crippen molar-refractivity contribution in [2.24, 2.45) is 0 Å². The maximum absolute atomic E-state index is 5.78. The zero-order chi connectivity index (χ0) is 7.84. The number of aromatic nitrogens is 2. The van der Waals surface area contributed by atoms with E-state index in [1.165, 1.54) is 0 Å². The molecule has 0 amide bonds. The van der Waals surface area contributed by atoms with Crippen LogP contribution in [0, 0.1) is 0 Å². The molecule has 1 heterocycles. The third-order valence-electron chi connectivity index (χ3n) is 1.47. The molecule has 0 aliphatic rings. The highest BCUT2D eigenvalue weighted by Gasteiger charge is 1.99. The van der Waals surface area contributed by atoms with Crippen LogP contribution in [-0.2, 0) is 0 Å². The lowest BCUT2D eigenvalue weighted by Crippen LogP contribution is -1.73. The molecule has 0 aliphatic carbocycles. The summed E-state index contributed by atoms with van der Waals surface area (Å²) in [5.41, 5.74) is 2.03. The van der Waals surface area contributed by atoms with Crippen LogP contribution in [0.15, 0.2) is 24.5 Å². The number of fused-ring (bicyclic) bond motifs is 1. The molecule has 2 rings (SSSR count). The molecular weight excluding hydrogens is 274 g/mol. The molecule has 4 heteroatoms. The van der Waals surface area contributed by atoms with Gasteiger partial charge in [0.1, 0.15) is 6.33 Å². The standard InChI is InChI=1S/C7H4ClIN2/c8-5-1-2-7-6(3-5)10-4-11(7)9/h1-4H. The summed E-state index contributed by atoms with van der Waals surface area (Å²) in [4.78, 5) is 4.15. The Hall–Kier alpha value is -0.290. The van der Waals surface area contributed by atoms with E-state index in [0.29, 0.717) is 0 Å². The van der Waals surface area contributed by atoms with Gasteiger partial charge in [-0.1, -0.05) is 11.6 Å². The first kappa shape index (κ1) is 7.36. The summed E-state index contributed by atoms with van der Waals surface area (Å²) in [6, 6.07) is 5.67. The van der Waals surface area contributed by atoms with E-state index in [1.807, 2.05) is 21.0 Å². The molecule has 0 saturated carbocycles. The maximum Gasteiger partial charge on any atom is 0.105 e. The van der Waals surface area contributed by atoms with Gasteiger partial charge in [0.15, 0.2) is 0 Å². The van der Waals surface area contributed by atoms with Gasteiger partial charge < -0.3 is 0 Å². The smallest absolute Gasteiger partial charge is 0.105 e. The average Bonchev–Trinajstić information content (AvgIpc) is 2.32. The van der Waals surface area contributed by atoms with Crippen LogP contribution in [0.5, 0.6) is 0 Å². The number of imidazole rings is 1. The summed E-state index contributed by atoms with van der Waals surface area (Å²) in [7, 11) is 0. The van der Waals surface area contributed by atoms with E-state index >= 15 is 0 Å². The molecule has 11 heavy (non-hydrogen) atoms. The van der Waals surface area contributed by atoms with Crippen LogP contribution in [0.2, 0.25) is 5.02 Å².